The Hall–Kier alpha value is 0.800. The molecule has 4 N–H and O–H groups in total. The highest BCUT2D eigenvalue weighted by atomic mass is 79.9. The van der Waals surface area contributed by atoms with Gasteiger partial charge in [0.25, 0.3) is 0 Å². The van der Waals surface area contributed by atoms with Gasteiger partial charge in [-0.05, 0) is 0 Å². The van der Waals surface area contributed by atoms with Gasteiger partial charge in [-0.1, -0.05) is 27.7 Å². The van der Waals surface area contributed by atoms with Crippen molar-refractivity contribution in [3.8, 4) is 0 Å². The van der Waals surface area contributed by atoms with Gasteiger partial charge in [0, 0.05) is 10.8 Å². The molecule has 0 aliphatic rings. The second kappa shape index (κ2) is 12.3. The van der Waals surface area contributed by atoms with E-state index in [1.807, 2.05) is 0 Å². The third-order valence-corrected chi connectivity index (χ3v) is 1.71. The van der Waals surface area contributed by atoms with Gasteiger partial charge >= 0.3 is 0 Å². The van der Waals surface area contributed by atoms with Crippen molar-refractivity contribution in [2.75, 3.05) is 26.4 Å². The summed E-state index contributed by atoms with van der Waals surface area (Å²) in [5, 5.41) is 33.7. The van der Waals surface area contributed by atoms with Crippen molar-refractivity contribution >= 4 is 34.0 Å². The molecule has 0 saturated carbocycles. The summed E-state index contributed by atoms with van der Waals surface area (Å²) < 4.78 is 0. The van der Waals surface area contributed by atoms with E-state index in [1.165, 1.54) is 0 Å². The van der Waals surface area contributed by atoms with E-state index in [4.69, 9.17) is 20.4 Å². The maximum atomic E-state index is 8.43. The standard InChI is InChI=1S/2C5H12O2.2BrH/c2*1-5(2,3-6)4-7;;/h2*6-7H,3-4H2,1-2H3;2*1H. The van der Waals surface area contributed by atoms with Gasteiger partial charge in [-0.2, -0.15) is 0 Å². The van der Waals surface area contributed by atoms with Crippen LogP contribution in [0.15, 0.2) is 0 Å². The van der Waals surface area contributed by atoms with E-state index in [0.29, 0.717) is 0 Å². The number of rotatable bonds is 4. The summed E-state index contributed by atoms with van der Waals surface area (Å²) in [5.74, 6) is 0. The molecule has 4 nitrogen and oxygen atoms in total. The maximum absolute atomic E-state index is 8.43. The lowest BCUT2D eigenvalue weighted by molar-refractivity contribution is 0.0855. The minimum atomic E-state index is -0.306. The monoisotopic (exact) mass is 368 g/mol. The van der Waals surface area contributed by atoms with Gasteiger partial charge in [-0.3, -0.25) is 0 Å². The van der Waals surface area contributed by atoms with E-state index in [1.54, 1.807) is 27.7 Å². The largest absolute Gasteiger partial charge is 0.396 e. The Morgan fingerprint density at radius 3 is 0.688 bits per heavy atom. The maximum Gasteiger partial charge on any atom is 0.0504 e. The molecular weight excluding hydrogens is 344 g/mol. The first-order chi connectivity index (χ1) is 6.24. The molecule has 0 bridgehead atoms. The molecule has 0 fully saturated rings. The fourth-order valence-corrected chi connectivity index (χ4v) is 0.1000. The molecule has 104 valence electrons. The molecule has 6 heteroatoms. The zero-order valence-corrected chi connectivity index (χ0v) is 13.9. The summed E-state index contributed by atoms with van der Waals surface area (Å²) in [4.78, 5) is 0. The average molecular weight is 370 g/mol. The van der Waals surface area contributed by atoms with Gasteiger partial charge in [-0.25, -0.2) is 0 Å². The number of hydrogen-bond acceptors (Lipinski definition) is 4. The van der Waals surface area contributed by atoms with Crippen molar-refractivity contribution < 1.29 is 20.4 Å². The molecule has 0 radical (unpaired) electrons. The van der Waals surface area contributed by atoms with E-state index >= 15 is 0 Å². The zero-order valence-electron chi connectivity index (χ0n) is 10.4. The second-order valence-corrected chi connectivity index (χ2v) is 4.96. The van der Waals surface area contributed by atoms with Crippen LogP contribution in [0.1, 0.15) is 27.7 Å². The smallest absolute Gasteiger partial charge is 0.0504 e. The zero-order chi connectivity index (χ0) is 11.8. The topological polar surface area (TPSA) is 80.9 Å². The van der Waals surface area contributed by atoms with Gasteiger partial charge in [0.1, 0.15) is 0 Å². The highest BCUT2D eigenvalue weighted by Gasteiger charge is 2.13. The SMILES string of the molecule is Br.Br.CC(C)(CO)CO.CC(C)(CO)CO. The van der Waals surface area contributed by atoms with E-state index in [0.717, 1.165) is 0 Å². The predicted molar refractivity (Wildman–Crippen MR) is 76.5 cm³/mol. The summed E-state index contributed by atoms with van der Waals surface area (Å²) in [6.07, 6.45) is 0. The molecule has 0 aromatic carbocycles. The first-order valence-corrected chi connectivity index (χ1v) is 4.68. The summed E-state index contributed by atoms with van der Waals surface area (Å²) in [7, 11) is 0. The van der Waals surface area contributed by atoms with Crippen LogP contribution in [-0.4, -0.2) is 46.9 Å². The number of halogens is 2. The Kier molecular flexibility index (Phi) is 19.6. The van der Waals surface area contributed by atoms with Crippen molar-refractivity contribution in [2.45, 2.75) is 27.7 Å². The van der Waals surface area contributed by atoms with Gasteiger partial charge in [0.05, 0.1) is 26.4 Å². The first-order valence-electron chi connectivity index (χ1n) is 4.68. The van der Waals surface area contributed by atoms with Crippen LogP contribution in [0.4, 0.5) is 0 Å². The molecule has 0 aliphatic heterocycles. The summed E-state index contributed by atoms with van der Waals surface area (Å²) in [6, 6.07) is 0. The Balaban J connectivity index is -0.0000000800. The van der Waals surface area contributed by atoms with E-state index in [9.17, 15) is 0 Å². The van der Waals surface area contributed by atoms with Gasteiger partial charge < -0.3 is 20.4 Å². The molecule has 0 aromatic rings. The highest BCUT2D eigenvalue weighted by molar-refractivity contribution is 8.93. The second-order valence-electron chi connectivity index (χ2n) is 4.96. The van der Waals surface area contributed by atoms with Gasteiger partial charge in [-0.15, -0.1) is 34.0 Å². The molecule has 0 spiro atoms. The Labute approximate surface area is 119 Å². The van der Waals surface area contributed by atoms with Crippen LogP contribution in [-0.2, 0) is 0 Å². The minimum absolute atomic E-state index is 0. The highest BCUT2D eigenvalue weighted by Crippen LogP contribution is 2.10. The third-order valence-electron chi connectivity index (χ3n) is 1.71. The molecule has 0 rings (SSSR count). The molecule has 16 heavy (non-hydrogen) atoms. The lowest BCUT2D eigenvalue weighted by Gasteiger charge is -2.16. The van der Waals surface area contributed by atoms with Crippen molar-refractivity contribution in [1.82, 2.24) is 0 Å². The third kappa shape index (κ3) is 17.2. The number of aliphatic hydroxyl groups is 4. The summed E-state index contributed by atoms with van der Waals surface area (Å²) >= 11 is 0. The van der Waals surface area contributed by atoms with Crippen LogP contribution in [0.3, 0.4) is 0 Å². The molecular formula is C10H26Br2O4. The predicted octanol–water partition coefficient (Wildman–Crippen LogP) is 1.15. The van der Waals surface area contributed by atoms with E-state index in [-0.39, 0.29) is 71.2 Å². The summed E-state index contributed by atoms with van der Waals surface area (Å²) in [5.41, 5.74) is -0.611. The molecule has 0 unspecified atom stereocenters. The number of aliphatic hydroxyl groups excluding tert-OH is 4. The fourth-order valence-electron chi connectivity index (χ4n) is 0.1000. The normalized spacial score (nSPS) is 10.5. The molecule has 0 aliphatic carbocycles. The average Bonchev–Trinajstić information content (AvgIpc) is 2.19. The molecule has 0 aromatic heterocycles. The minimum Gasteiger partial charge on any atom is -0.396 e. The molecule has 0 saturated heterocycles. The first kappa shape index (κ1) is 25.6. The van der Waals surface area contributed by atoms with E-state index in [2.05, 4.69) is 0 Å². The molecule has 0 amide bonds. The molecule has 0 atom stereocenters. The van der Waals surface area contributed by atoms with Crippen LogP contribution in [0.25, 0.3) is 0 Å². The number of hydrogen-bond donors (Lipinski definition) is 4. The molecule has 0 heterocycles. The van der Waals surface area contributed by atoms with Crippen molar-refractivity contribution in [1.29, 1.82) is 0 Å². The lowest BCUT2D eigenvalue weighted by atomic mass is 9.97. The van der Waals surface area contributed by atoms with Gasteiger partial charge in [0.15, 0.2) is 0 Å². The Morgan fingerprint density at radius 2 is 0.688 bits per heavy atom. The van der Waals surface area contributed by atoms with Crippen LogP contribution in [0, 0.1) is 10.8 Å². The van der Waals surface area contributed by atoms with Crippen LogP contribution >= 0.6 is 34.0 Å². The Bertz CT molecular complexity index is 113. The fraction of sp³-hybridized carbons (Fsp3) is 1.00. The Morgan fingerprint density at radius 1 is 0.562 bits per heavy atom. The van der Waals surface area contributed by atoms with Gasteiger partial charge in [0.2, 0.25) is 0 Å². The van der Waals surface area contributed by atoms with Crippen LogP contribution < -0.4 is 0 Å². The van der Waals surface area contributed by atoms with Crippen molar-refractivity contribution in [3.63, 3.8) is 0 Å². The van der Waals surface area contributed by atoms with Crippen LogP contribution in [0.2, 0.25) is 0 Å². The van der Waals surface area contributed by atoms with Crippen molar-refractivity contribution in [2.24, 2.45) is 10.8 Å². The van der Waals surface area contributed by atoms with E-state index < -0.39 is 0 Å². The summed E-state index contributed by atoms with van der Waals surface area (Å²) in [6.45, 7) is 7.38. The lowest BCUT2D eigenvalue weighted by Crippen LogP contribution is -2.20. The van der Waals surface area contributed by atoms with Crippen LogP contribution in [0.5, 0.6) is 0 Å². The van der Waals surface area contributed by atoms with Crippen molar-refractivity contribution in [3.05, 3.63) is 0 Å². The quantitative estimate of drug-likeness (QED) is 0.599.